The molecule has 0 saturated carbocycles. The first-order chi connectivity index (χ1) is 6.00. The maximum atomic E-state index is 10.6. The molecule has 0 aliphatic rings. The van der Waals surface area contributed by atoms with E-state index in [2.05, 4.69) is 0 Å². The molecule has 0 rings (SSSR count). The smallest absolute Gasteiger partial charge is 0.321 e. The second kappa shape index (κ2) is 5.50. The van der Waals surface area contributed by atoms with Crippen LogP contribution in [0.15, 0.2) is 0 Å². The van der Waals surface area contributed by atoms with Gasteiger partial charge >= 0.3 is 11.9 Å². The highest BCUT2D eigenvalue weighted by molar-refractivity contribution is 5.82. The lowest BCUT2D eigenvalue weighted by Crippen LogP contribution is -2.42. The van der Waals surface area contributed by atoms with Crippen LogP contribution >= 0.6 is 0 Å². The predicted molar refractivity (Wildman–Crippen MR) is 45.0 cm³/mol. The van der Waals surface area contributed by atoms with Crippen LogP contribution in [0.4, 0.5) is 0 Å². The van der Waals surface area contributed by atoms with Gasteiger partial charge in [0.2, 0.25) is 0 Å². The summed E-state index contributed by atoms with van der Waals surface area (Å²) in [7, 11) is 0. The van der Waals surface area contributed by atoms with Crippen LogP contribution in [0.1, 0.15) is 12.8 Å². The van der Waals surface area contributed by atoms with Crippen LogP contribution in [-0.2, 0) is 9.59 Å². The van der Waals surface area contributed by atoms with Gasteiger partial charge in [-0.15, -0.1) is 0 Å². The molecule has 0 radical (unpaired) electrons. The van der Waals surface area contributed by atoms with Crippen molar-refractivity contribution in [3.8, 4) is 0 Å². The fraction of sp³-hybridized carbons (Fsp3) is 0.714. The minimum atomic E-state index is -1.36. The third kappa shape index (κ3) is 3.86. The number of carboxylic acids is 2. The second-order valence-corrected chi connectivity index (χ2v) is 2.74. The van der Waals surface area contributed by atoms with Crippen LogP contribution < -0.4 is 11.5 Å². The summed E-state index contributed by atoms with van der Waals surface area (Å²) >= 11 is 0. The Balaban J connectivity index is 4.24. The minimum absolute atomic E-state index is 0.194. The van der Waals surface area contributed by atoms with Crippen LogP contribution in [0.5, 0.6) is 0 Å². The van der Waals surface area contributed by atoms with E-state index in [9.17, 15) is 9.59 Å². The topological polar surface area (TPSA) is 127 Å². The van der Waals surface area contributed by atoms with E-state index < -0.39 is 23.9 Å². The third-order valence-electron chi connectivity index (χ3n) is 1.76. The van der Waals surface area contributed by atoms with E-state index in [0.717, 1.165) is 0 Å². The lowest BCUT2D eigenvalue weighted by Gasteiger charge is -2.15. The van der Waals surface area contributed by atoms with Gasteiger partial charge in [0.1, 0.15) is 6.04 Å². The van der Waals surface area contributed by atoms with E-state index in [0.29, 0.717) is 13.0 Å². The maximum Gasteiger partial charge on any atom is 0.321 e. The summed E-state index contributed by atoms with van der Waals surface area (Å²) in [6.45, 7) is 0.329. The number of rotatable bonds is 6. The van der Waals surface area contributed by atoms with Gasteiger partial charge in [0, 0.05) is 0 Å². The van der Waals surface area contributed by atoms with Gasteiger partial charge in [-0.05, 0) is 19.4 Å². The zero-order valence-electron chi connectivity index (χ0n) is 7.14. The van der Waals surface area contributed by atoms with Crippen molar-refractivity contribution in [3.63, 3.8) is 0 Å². The van der Waals surface area contributed by atoms with Crippen molar-refractivity contribution in [2.24, 2.45) is 17.4 Å². The zero-order chi connectivity index (χ0) is 10.4. The number of hydrogen-bond donors (Lipinski definition) is 4. The molecule has 0 saturated heterocycles. The zero-order valence-corrected chi connectivity index (χ0v) is 7.14. The summed E-state index contributed by atoms with van der Waals surface area (Å²) in [6, 6.07) is -1.36. The number of nitrogens with two attached hydrogens (primary N) is 2. The van der Waals surface area contributed by atoms with Crippen LogP contribution in [0, 0.1) is 5.92 Å². The van der Waals surface area contributed by atoms with E-state index in [4.69, 9.17) is 21.7 Å². The molecule has 76 valence electrons. The van der Waals surface area contributed by atoms with Crippen LogP contribution in [0.3, 0.4) is 0 Å². The Bertz CT molecular complexity index is 195. The summed E-state index contributed by atoms with van der Waals surface area (Å²) < 4.78 is 0. The van der Waals surface area contributed by atoms with Gasteiger partial charge in [-0.3, -0.25) is 9.59 Å². The van der Waals surface area contributed by atoms with Crippen LogP contribution in [0.25, 0.3) is 0 Å². The molecule has 0 bridgehead atoms. The van der Waals surface area contributed by atoms with Crippen molar-refractivity contribution in [1.82, 2.24) is 0 Å². The first-order valence-corrected chi connectivity index (χ1v) is 3.92. The van der Waals surface area contributed by atoms with Gasteiger partial charge in [0.15, 0.2) is 0 Å². The van der Waals surface area contributed by atoms with E-state index in [1.54, 1.807) is 0 Å². The number of carbonyl (C=O) groups is 2. The first kappa shape index (κ1) is 11.9. The molecular weight excluding hydrogens is 176 g/mol. The molecular formula is C7H14N2O4. The van der Waals surface area contributed by atoms with Gasteiger partial charge in [-0.2, -0.15) is 0 Å². The van der Waals surface area contributed by atoms with Gasteiger partial charge in [0.25, 0.3) is 0 Å². The van der Waals surface area contributed by atoms with Crippen molar-refractivity contribution in [1.29, 1.82) is 0 Å². The average Bonchev–Trinajstić information content (AvgIpc) is 2.04. The highest BCUT2D eigenvalue weighted by atomic mass is 16.4. The molecule has 0 aliphatic carbocycles. The van der Waals surface area contributed by atoms with E-state index >= 15 is 0 Å². The maximum absolute atomic E-state index is 10.6. The van der Waals surface area contributed by atoms with Crippen LogP contribution in [-0.4, -0.2) is 34.7 Å². The number of aliphatic carboxylic acids is 2. The summed E-state index contributed by atoms with van der Waals surface area (Å²) in [6.07, 6.45) is 0.650. The van der Waals surface area contributed by atoms with Crippen molar-refractivity contribution in [2.45, 2.75) is 18.9 Å². The van der Waals surface area contributed by atoms with Gasteiger partial charge in [-0.1, -0.05) is 0 Å². The molecule has 0 aliphatic heterocycles. The van der Waals surface area contributed by atoms with Crippen LogP contribution in [0.2, 0.25) is 0 Å². The van der Waals surface area contributed by atoms with Gasteiger partial charge < -0.3 is 21.7 Å². The normalized spacial score (nSPS) is 14.9. The Morgan fingerprint density at radius 3 is 2.08 bits per heavy atom. The van der Waals surface area contributed by atoms with Crippen molar-refractivity contribution < 1.29 is 19.8 Å². The van der Waals surface area contributed by atoms with E-state index in [1.807, 2.05) is 0 Å². The Hall–Kier alpha value is -1.14. The molecule has 0 fully saturated rings. The van der Waals surface area contributed by atoms with Crippen molar-refractivity contribution >= 4 is 11.9 Å². The molecule has 0 spiro atoms. The Morgan fingerprint density at radius 2 is 1.77 bits per heavy atom. The first-order valence-electron chi connectivity index (χ1n) is 3.92. The summed E-state index contributed by atoms with van der Waals surface area (Å²) in [5.74, 6) is -3.55. The lowest BCUT2D eigenvalue weighted by atomic mass is 9.95. The Morgan fingerprint density at radius 1 is 1.23 bits per heavy atom. The van der Waals surface area contributed by atoms with Crippen molar-refractivity contribution in [3.05, 3.63) is 0 Å². The molecule has 0 amide bonds. The quantitative estimate of drug-likeness (QED) is 0.418. The predicted octanol–water partition coefficient (Wildman–Crippen LogP) is -1.16. The fourth-order valence-corrected chi connectivity index (χ4v) is 0.967. The highest BCUT2D eigenvalue weighted by Gasteiger charge is 2.29. The monoisotopic (exact) mass is 190 g/mol. The lowest BCUT2D eigenvalue weighted by molar-refractivity contribution is -0.150. The standard InChI is InChI=1S/C7H14N2O4/c8-3-1-2-4(6(10)11)5(9)7(12)13/h4-5H,1-3,8-9H2,(H,10,11)(H,12,13). The molecule has 6 heteroatoms. The van der Waals surface area contributed by atoms with Crippen molar-refractivity contribution in [2.75, 3.05) is 6.54 Å². The van der Waals surface area contributed by atoms with E-state index in [1.165, 1.54) is 0 Å². The highest BCUT2D eigenvalue weighted by Crippen LogP contribution is 2.10. The minimum Gasteiger partial charge on any atom is -0.481 e. The summed E-state index contributed by atoms with van der Waals surface area (Å²) in [5, 5.41) is 17.1. The van der Waals surface area contributed by atoms with E-state index in [-0.39, 0.29) is 6.42 Å². The second-order valence-electron chi connectivity index (χ2n) is 2.74. The Labute approximate surface area is 75.5 Å². The largest absolute Gasteiger partial charge is 0.481 e. The molecule has 0 aromatic carbocycles. The average molecular weight is 190 g/mol. The molecule has 6 nitrogen and oxygen atoms in total. The molecule has 2 atom stereocenters. The fourth-order valence-electron chi connectivity index (χ4n) is 0.967. The summed E-state index contributed by atoms with van der Waals surface area (Å²) in [4.78, 5) is 21.0. The van der Waals surface area contributed by atoms with Gasteiger partial charge in [-0.25, -0.2) is 0 Å². The molecule has 6 N–H and O–H groups in total. The third-order valence-corrected chi connectivity index (χ3v) is 1.76. The Kier molecular flexibility index (Phi) is 5.01. The molecule has 13 heavy (non-hydrogen) atoms. The number of carboxylic acid groups (broad SMARTS) is 2. The summed E-state index contributed by atoms with van der Waals surface area (Å²) in [5.41, 5.74) is 10.4. The van der Waals surface area contributed by atoms with Gasteiger partial charge in [0.05, 0.1) is 5.92 Å². The molecule has 0 aromatic heterocycles. The molecule has 2 unspecified atom stereocenters. The molecule has 0 aromatic rings. The molecule has 0 heterocycles. The number of hydrogen-bond acceptors (Lipinski definition) is 4. The SMILES string of the molecule is NCCCC(C(=O)O)C(N)C(=O)O.